The molecule has 0 aliphatic carbocycles. The van der Waals surface area contributed by atoms with Gasteiger partial charge in [0, 0.05) is 0 Å². The molecule has 1 aliphatic rings. The molecule has 0 bridgehead atoms. The Labute approximate surface area is 159 Å². The maximum atomic E-state index is 7.92. The van der Waals surface area contributed by atoms with Gasteiger partial charge in [-0.2, -0.15) is 0 Å². The molecule has 0 saturated carbocycles. The third-order valence-electron chi connectivity index (χ3n) is 5.07. The number of hydrogen-bond donors (Lipinski definition) is 0. The van der Waals surface area contributed by atoms with Crippen molar-refractivity contribution in [2.24, 2.45) is 0 Å². The van der Waals surface area contributed by atoms with Crippen LogP contribution in [-0.2, 0) is 9.47 Å². The normalized spacial score (nSPS) is 16.9. The molecule has 4 heteroatoms. The fourth-order valence-electron chi connectivity index (χ4n) is 3.77. The molecular formula is C22H22ClO2P. The fourth-order valence-corrected chi connectivity index (χ4v) is 9.80. The van der Waals surface area contributed by atoms with Crippen molar-refractivity contribution in [3.63, 3.8) is 0 Å². The van der Waals surface area contributed by atoms with Gasteiger partial charge in [0.25, 0.3) is 0 Å². The van der Waals surface area contributed by atoms with Gasteiger partial charge < -0.3 is 0 Å². The summed E-state index contributed by atoms with van der Waals surface area (Å²) in [5.74, 6) is -3.28. The van der Waals surface area contributed by atoms with Gasteiger partial charge in [0.05, 0.1) is 0 Å². The van der Waals surface area contributed by atoms with Crippen molar-refractivity contribution in [2.75, 3.05) is 19.4 Å². The van der Waals surface area contributed by atoms with Crippen LogP contribution in [0, 0.1) is 0 Å². The van der Waals surface area contributed by atoms with Gasteiger partial charge in [0.1, 0.15) is 0 Å². The summed E-state index contributed by atoms with van der Waals surface area (Å²) in [6, 6.07) is 31.3. The maximum absolute atomic E-state index is 7.92. The number of halogens is 1. The molecule has 134 valence electrons. The molecule has 0 N–H and O–H groups in total. The average molecular weight is 385 g/mol. The van der Waals surface area contributed by atoms with Crippen LogP contribution in [0.5, 0.6) is 0 Å². The molecule has 0 unspecified atom stereocenters. The monoisotopic (exact) mass is 384 g/mol. The number of benzene rings is 3. The molecule has 4 rings (SSSR count). The van der Waals surface area contributed by atoms with E-state index in [2.05, 4.69) is 72.8 Å². The standard InChI is InChI=1S/C22H22ClO2P/c23-26(18-22-24-16-17-25-22,19-10-4-1-5-11-19,20-12-6-2-7-13-20)21-14-8-3-9-15-21/h1-15,22H,16-18H2. The van der Waals surface area contributed by atoms with Gasteiger partial charge in [-0.1, -0.05) is 0 Å². The second kappa shape index (κ2) is 7.13. The molecule has 1 aliphatic heterocycles. The Morgan fingerprint density at radius 3 is 1.35 bits per heavy atom. The Morgan fingerprint density at radius 2 is 1.00 bits per heavy atom. The van der Waals surface area contributed by atoms with E-state index in [-0.39, 0.29) is 6.29 Å². The zero-order valence-electron chi connectivity index (χ0n) is 14.5. The second-order valence-corrected chi connectivity index (χ2v) is 13.1. The molecule has 0 spiro atoms. The molecule has 0 amide bonds. The van der Waals surface area contributed by atoms with Gasteiger partial charge in [0.15, 0.2) is 0 Å². The molecule has 3 aromatic carbocycles. The van der Waals surface area contributed by atoms with E-state index < -0.39 is 5.96 Å². The molecule has 3 aromatic rings. The summed E-state index contributed by atoms with van der Waals surface area (Å²) in [5.41, 5.74) is 0. The van der Waals surface area contributed by atoms with E-state index in [1.807, 2.05) is 18.2 Å². The van der Waals surface area contributed by atoms with Crippen LogP contribution in [0.4, 0.5) is 0 Å². The zero-order chi connectivity index (χ0) is 17.9. The second-order valence-electron chi connectivity index (χ2n) is 6.54. The Balaban J connectivity index is 2.03. The van der Waals surface area contributed by atoms with Crippen LogP contribution in [0.2, 0.25) is 0 Å². The third-order valence-corrected chi connectivity index (χ3v) is 12.3. The Kier molecular flexibility index (Phi) is 4.86. The van der Waals surface area contributed by atoms with Crippen LogP contribution >= 0.6 is 17.2 Å². The Morgan fingerprint density at radius 1 is 0.654 bits per heavy atom. The van der Waals surface area contributed by atoms with Crippen LogP contribution < -0.4 is 15.9 Å². The minimum atomic E-state index is -3.28. The van der Waals surface area contributed by atoms with Crippen molar-refractivity contribution in [1.29, 1.82) is 0 Å². The number of hydrogen-bond acceptors (Lipinski definition) is 2. The molecular weight excluding hydrogens is 363 g/mol. The van der Waals surface area contributed by atoms with Crippen molar-refractivity contribution in [3.8, 4) is 0 Å². The Hall–Kier alpha value is -1.70. The van der Waals surface area contributed by atoms with Crippen LogP contribution in [0.3, 0.4) is 0 Å². The Bertz CT molecular complexity index is 750. The molecule has 2 nitrogen and oxygen atoms in total. The summed E-state index contributed by atoms with van der Waals surface area (Å²) < 4.78 is 11.7. The molecule has 0 atom stereocenters. The van der Waals surface area contributed by atoms with E-state index in [4.69, 9.17) is 20.7 Å². The molecule has 1 heterocycles. The minimum absolute atomic E-state index is 0.300. The van der Waals surface area contributed by atoms with Crippen molar-refractivity contribution in [1.82, 2.24) is 0 Å². The van der Waals surface area contributed by atoms with E-state index in [0.717, 1.165) is 15.9 Å². The van der Waals surface area contributed by atoms with Crippen LogP contribution in [-0.4, -0.2) is 25.7 Å². The average Bonchev–Trinajstić information content (AvgIpc) is 3.23. The summed E-state index contributed by atoms with van der Waals surface area (Å²) in [4.78, 5) is 0. The summed E-state index contributed by atoms with van der Waals surface area (Å²) in [6.45, 7) is 1.23. The summed E-state index contributed by atoms with van der Waals surface area (Å²) in [5, 5.41) is 3.41. The summed E-state index contributed by atoms with van der Waals surface area (Å²) in [6.07, 6.45) is 0.316. The first kappa shape index (κ1) is 17.7. The van der Waals surface area contributed by atoms with Gasteiger partial charge in [-0.25, -0.2) is 0 Å². The van der Waals surface area contributed by atoms with E-state index in [0.29, 0.717) is 19.4 Å². The van der Waals surface area contributed by atoms with E-state index in [9.17, 15) is 0 Å². The first-order chi connectivity index (χ1) is 12.7. The van der Waals surface area contributed by atoms with Crippen LogP contribution in [0.15, 0.2) is 91.0 Å². The van der Waals surface area contributed by atoms with Gasteiger partial charge in [0.2, 0.25) is 0 Å². The zero-order valence-corrected chi connectivity index (χ0v) is 16.2. The van der Waals surface area contributed by atoms with Crippen molar-refractivity contribution < 1.29 is 9.47 Å². The molecule has 0 radical (unpaired) electrons. The number of ether oxygens (including phenoxy) is 2. The first-order valence-electron chi connectivity index (χ1n) is 8.85. The van der Waals surface area contributed by atoms with Crippen LogP contribution in [0.25, 0.3) is 0 Å². The SMILES string of the molecule is ClP(CC1OCCO1)(c1ccccc1)(c1ccccc1)c1ccccc1. The third kappa shape index (κ3) is 2.88. The van der Waals surface area contributed by atoms with Crippen LogP contribution in [0.1, 0.15) is 0 Å². The van der Waals surface area contributed by atoms with E-state index in [1.54, 1.807) is 0 Å². The van der Waals surface area contributed by atoms with Gasteiger partial charge in [-0.3, -0.25) is 0 Å². The van der Waals surface area contributed by atoms with E-state index in [1.165, 1.54) is 0 Å². The molecule has 26 heavy (non-hydrogen) atoms. The van der Waals surface area contributed by atoms with E-state index >= 15 is 0 Å². The summed E-state index contributed by atoms with van der Waals surface area (Å²) >= 11 is 7.92. The summed E-state index contributed by atoms with van der Waals surface area (Å²) in [7, 11) is 0. The quantitative estimate of drug-likeness (QED) is 0.618. The number of rotatable bonds is 5. The van der Waals surface area contributed by atoms with Gasteiger partial charge in [-0.15, -0.1) is 0 Å². The molecule has 1 fully saturated rings. The topological polar surface area (TPSA) is 18.5 Å². The predicted octanol–water partition coefficient (Wildman–Crippen LogP) is 4.04. The van der Waals surface area contributed by atoms with Crippen molar-refractivity contribution in [3.05, 3.63) is 91.0 Å². The van der Waals surface area contributed by atoms with Crippen molar-refractivity contribution >= 4 is 33.1 Å². The predicted molar refractivity (Wildman–Crippen MR) is 112 cm³/mol. The fraction of sp³-hybridized carbons (Fsp3) is 0.182. The van der Waals surface area contributed by atoms with Gasteiger partial charge in [-0.05, 0) is 0 Å². The van der Waals surface area contributed by atoms with Gasteiger partial charge >= 0.3 is 159 Å². The van der Waals surface area contributed by atoms with Crippen molar-refractivity contribution in [2.45, 2.75) is 6.29 Å². The molecule has 1 saturated heterocycles. The first-order valence-corrected chi connectivity index (χ1v) is 12.2. The molecule has 0 aromatic heterocycles.